The summed E-state index contributed by atoms with van der Waals surface area (Å²) in [7, 11) is 0. The number of hydrogen-bond donors (Lipinski definition) is 4. The first-order valence-corrected chi connectivity index (χ1v) is 9.97. The van der Waals surface area contributed by atoms with Crippen molar-refractivity contribution in [3.05, 3.63) is 48.1 Å². The van der Waals surface area contributed by atoms with Crippen LogP contribution in [0.1, 0.15) is 39.4 Å². The molecule has 0 bridgehead atoms. The Kier molecular flexibility index (Phi) is 5.51. The molecule has 4 N–H and O–H groups in total. The van der Waals surface area contributed by atoms with E-state index in [0.717, 1.165) is 34.3 Å². The predicted octanol–water partition coefficient (Wildman–Crippen LogP) is 3.42. The molecule has 3 aromatic rings. The SMILES string of the molecule is CC(C)NC(=O)C(C)OC1=CC=C(c2nc(Nc3ccc4[nH]ncc4c3)n[nH]2)CC1. The number of allylic oxidation sites excluding steroid dienone is 4. The van der Waals surface area contributed by atoms with E-state index in [1.807, 2.05) is 44.2 Å². The maximum atomic E-state index is 12.0. The van der Waals surface area contributed by atoms with E-state index in [2.05, 4.69) is 36.0 Å². The molecule has 9 nitrogen and oxygen atoms in total. The van der Waals surface area contributed by atoms with Crippen molar-refractivity contribution in [2.75, 3.05) is 5.32 Å². The van der Waals surface area contributed by atoms with Crippen LogP contribution >= 0.6 is 0 Å². The highest BCUT2D eigenvalue weighted by Crippen LogP contribution is 2.27. The maximum Gasteiger partial charge on any atom is 0.260 e. The first kappa shape index (κ1) is 19.7. The van der Waals surface area contributed by atoms with Gasteiger partial charge in [0.2, 0.25) is 5.95 Å². The summed E-state index contributed by atoms with van der Waals surface area (Å²) in [4.78, 5) is 16.5. The van der Waals surface area contributed by atoms with Crippen molar-refractivity contribution in [1.29, 1.82) is 0 Å². The number of aromatic amines is 2. The quantitative estimate of drug-likeness (QED) is 0.476. The fraction of sp³-hybridized carbons (Fsp3) is 0.333. The molecule has 1 unspecified atom stereocenters. The molecule has 156 valence electrons. The molecule has 0 spiro atoms. The van der Waals surface area contributed by atoms with Crippen LogP contribution in [0.5, 0.6) is 0 Å². The first-order valence-electron chi connectivity index (χ1n) is 9.97. The van der Waals surface area contributed by atoms with Crippen molar-refractivity contribution in [2.24, 2.45) is 0 Å². The molecule has 0 saturated carbocycles. The van der Waals surface area contributed by atoms with Crippen LogP contribution in [0, 0.1) is 0 Å². The molecule has 30 heavy (non-hydrogen) atoms. The van der Waals surface area contributed by atoms with E-state index in [4.69, 9.17) is 4.74 Å². The summed E-state index contributed by atoms with van der Waals surface area (Å²) in [5, 5.41) is 21.3. The summed E-state index contributed by atoms with van der Waals surface area (Å²) in [6, 6.07) is 5.97. The van der Waals surface area contributed by atoms with Gasteiger partial charge in [0.25, 0.3) is 5.91 Å². The summed E-state index contributed by atoms with van der Waals surface area (Å²) in [6.45, 7) is 5.61. The van der Waals surface area contributed by atoms with Crippen LogP contribution in [0.2, 0.25) is 0 Å². The average Bonchev–Trinajstić information content (AvgIpc) is 3.37. The second-order valence-corrected chi connectivity index (χ2v) is 7.55. The Labute approximate surface area is 174 Å². The van der Waals surface area contributed by atoms with Crippen LogP contribution < -0.4 is 10.6 Å². The molecule has 9 heteroatoms. The number of nitrogens with one attached hydrogen (secondary N) is 4. The third-order valence-corrected chi connectivity index (χ3v) is 4.73. The molecule has 4 rings (SSSR count). The van der Waals surface area contributed by atoms with Crippen molar-refractivity contribution in [2.45, 2.75) is 45.8 Å². The Morgan fingerprint density at radius 1 is 1.17 bits per heavy atom. The second-order valence-electron chi connectivity index (χ2n) is 7.55. The van der Waals surface area contributed by atoms with Crippen LogP contribution in [-0.2, 0) is 9.53 Å². The summed E-state index contributed by atoms with van der Waals surface area (Å²) < 4.78 is 5.79. The largest absolute Gasteiger partial charge is 0.485 e. The van der Waals surface area contributed by atoms with Crippen molar-refractivity contribution < 1.29 is 9.53 Å². The standard InChI is InChI=1S/C21H25N7O2/c1-12(2)23-20(29)13(3)30-17-7-4-14(5-8-17)19-25-21(28-27-19)24-16-6-9-18-15(10-16)11-22-26-18/h4,6-7,9-13H,5,8H2,1-3H3,(H,22,26)(H,23,29)(H2,24,25,27,28). The minimum atomic E-state index is -0.526. The fourth-order valence-corrected chi connectivity index (χ4v) is 3.21. The average molecular weight is 407 g/mol. The zero-order valence-electron chi connectivity index (χ0n) is 17.2. The molecule has 0 radical (unpaired) electrons. The van der Waals surface area contributed by atoms with Gasteiger partial charge in [0.15, 0.2) is 11.9 Å². The highest BCUT2D eigenvalue weighted by atomic mass is 16.5. The second kappa shape index (κ2) is 8.40. The van der Waals surface area contributed by atoms with Crippen LogP contribution in [0.25, 0.3) is 16.5 Å². The highest BCUT2D eigenvalue weighted by molar-refractivity contribution is 5.82. The number of H-pyrrole nitrogens is 2. The highest BCUT2D eigenvalue weighted by Gasteiger charge is 2.19. The van der Waals surface area contributed by atoms with E-state index >= 15 is 0 Å². The Hall–Kier alpha value is -3.62. The Balaban J connectivity index is 1.39. The lowest BCUT2D eigenvalue weighted by Crippen LogP contribution is -2.38. The van der Waals surface area contributed by atoms with E-state index < -0.39 is 6.10 Å². The lowest BCUT2D eigenvalue weighted by molar-refractivity contribution is -0.130. The van der Waals surface area contributed by atoms with E-state index in [0.29, 0.717) is 18.2 Å². The van der Waals surface area contributed by atoms with Crippen molar-refractivity contribution >= 4 is 34.0 Å². The lowest BCUT2D eigenvalue weighted by atomic mass is 10.0. The van der Waals surface area contributed by atoms with E-state index in [9.17, 15) is 4.79 Å². The Bertz CT molecular complexity index is 1110. The van der Waals surface area contributed by atoms with Crippen LogP contribution in [0.15, 0.2) is 42.3 Å². The molecule has 1 atom stereocenters. The third kappa shape index (κ3) is 4.51. The monoisotopic (exact) mass is 407 g/mol. The van der Waals surface area contributed by atoms with Gasteiger partial charge in [-0.2, -0.15) is 10.1 Å². The number of nitrogens with zero attached hydrogens (tertiary/aromatic N) is 3. The zero-order chi connectivity index (χ0) is 21.1. The molecule has 2 aromatic heterocycles. The molecule has 0 aliphatic heterocycles. The van der Waals surface area contributed by atoms with Crippen LogP contribution in [0.3, 0.4) is 0 Å². The van der Waals surface area contributed by atoms with Gasteiger partial charge >= 0.3 is 0 Å². The summed E-state index contributed by atoms with van der Waals surface area (Å²) in [5.74, 6) is 1.89. The molecule has 0 fully saturated rings. The van der Waals surface area contributed by atoms with Crippen molar-refractivity contribution in [1.82, 2.24) is 30.7 Å². The van der Waals surface area contributed by atoms with Gasteiger partial charge in [-0.3, -0.25) is 15.0 Å². The number of aromatic nitrogens is 5. The smallest absolute Gasteiger partial charge is 0.260 e. The van der Waals surface area contributed by atoms with Gasteiger partial charge in [-0.05, 0) is 57.0 Å². The van der Waals surface area contributed by atoms with Gasteiger partial charge in [-0.15, -0.1) is 5.10 Å². The molecule has 0 saturated heterocycles. The molecular formula is C21H25N7O2. The fourth-order valence-electron chi connectivity index (χ4n) is 3.21. The Morgan fingerprint density at radius 2 is 2.03 bits per heavy atom. The molecule has 2 heterocycles. The third-order valence-electron chi connectivity index (χ3n) is 4.73. The number of hydrogen-bond acceptors (Lipinski definition) is 6. The summed E-state index contributed by atoms with van der Waals surface area (Å²) >= 11 is 0. The number of rotatable bonds is 7. The maximum absolute atomic E-state index is 12.0. The van der Waals surface area contributed by atoms with Crippen molar-refractivity contribution in [3.8, 4) is 0 Å². The van der Waals surface area contributed by atoms with Gasteiger partial charge in [0.1, 0.15) is 0 Å². The zero-order valence-corrected chi connectivity index (χ0v) is 17.2. The van der Waals surface area contributed by atoms with Crippen molar-refractivity contribution in [3.63, 3.8) is 0 Å². The van der Waals surface area contributed by atoms with Gasteiger partial charge in [-0.1, -0.05) is 6.08 Å². The van der Waals surface area contributed by atoms with E-state index in [-0.39, 0.29) is 11.9 Å². The number of carbonyl (C=O) groups excluding carboxylic acids is 1. The summed E-state index contributed by atoms with van der Waals surface area (Å²) in [5.41, 5.74) is 2.90. The first-order chi connectivity index (χ1) is 14.5. The number of anilines is 2. The summed E-state index contributed by atoms with van der Waals surface area (Å²) in [6.07, 6.45) is 6.54. The Morgan fingerprint density at radius 3 is 2.80 bits per heavy atom. The number of benzene rings is 1. The van der Waals surface area contributed by atoms with E-state index in [1.165, 1.54) is 0 Å². The molecule has 1 aliphatic rings. The number of ether oxygens (including phenoxy) is 1. The van der Waals surface area contributed by atoms with Gasteiger partial charge in [0, 0.05) is 23.5 Å². The molecular weight excluding hydrogens is 382 g/mol. The van der Waals surface area contributed by atoms with Crippen LogP contribution in [-0.4, -0.2) is 43.4 Å². The molecule has 1 aromatic carbocycles. The predicted molar refractivity (Wildman–Crippen MR) is 115 cm³/mol. The number of fused-ring (bicyclic) bond motifs is 1. The topological polar surface area (TPSA) is 121 Å². The molecule has 1 aliphatic carbocycles. The van der Waals surface area contributed by atoms with Gasteiger partial charge in [0.05, 0.1) is 17.5 Å². The number of carbonyl (C=O) groups is 1. The molecule has 1 amide bonds. The minimum absolute atomic E-state index is 0.0891. The van der Waals surface area contributed by atoms with E-state index in [1.54, 1.807) is 13.1 Å². The lowest BCUT2D eigenvalue weighted by Gasteiger charge is -2.20. The normalized spacial score (nSPS) is 14.9. The van der Waals surface area contributed by atoms with Crippen LogP contribution in [0.4, 0.5) is 11.6 Å². The van der Waals surface area contributed by atoms with Gasteiger partial charge in [-0.25, -0.2) is 0 Å². The van der Waals surface area contributed by atoms with Gasteiger partial charge < -0.3 is 15.4 Å². The number of amides is 1. The minimum Gasteiger partial charge on any atom is -0.485 e.